The average Bonchev–Trinajstić information content (AvgIpc) is 3.27. The molecule has 348 valence electrons. The minimum Gasteiger partial charge on any atom is -0.462 e. The molecule has 0 aromatic carbocycles. The van der Waals surface area contributed by atoms with Crippen molar-refractivity contribution < 1.29 is 28.6 Å². The Hall–Kier alpha value is -4.19. The Morgan fingerprint density at radius 2 is 0.645 bits per heavy atom. The van der Waals surface area contributed by atoms with Gasteiger partial charge in [-0.1, -0.05) is 213 Å². The third-order valence-corrected chi connectivity index (χ3v) is 9.90. The smallest absolute Gasteiger partial charge is 0.306 e. The van der Waals surface area contributed by atoms with Crippen molar-refractivity contribution in [1.29, 1.82) is 0 Å². The molecule has 0 amide bonds. The van der Waals surface area contributed by atoms with Gasteiger partial charge < -0.3 is 14.2 Å². The zero-order valence-electron chi connectivity index (χ0n) is 39.6. The van der Waals surface area contributed by atoms with Gasteiger partial charge in [-0.15, -0.1) is 0 Å². The fourth-order valence-corrected chi connectivity index (χ4v) is 6.23. The lowest BCUT2D eigenvalue weighted by atomic mass is 10.1. The van der Waals surface area contributed by atoms with Crippen molar-refractivity contribution >= 4 is 17.9 Å². The maximum Gasteiger partial charge on any atom is 0.306 e. The highest BCUT2D eigenvalue weighted by Crippen LogP contribution is 2.13. The first-order valence-corrected chi connectivity index (χ1v) is 24.7. The molecular weight excluding hydrogens is 769 g/mol. The number of ether oxygens (including phenoxy) is 3. The highest BCUT2D eigenvalue weighted by atomic mass is 16.6. The maximum absolute atomic E-state index is 12.8. The molecule has 0 bridgehead atoms. The Balaban J connectivity index is 4.56. The van der Waals surface area contributed by atoms with Crippen molar-refractivity contribution in [1.82, 2.24) is 0 Å². The summed E-state index contributed by atoms with van der Waals surface area (Å²) in [6, 6.07) is 0. The molecule has 0 aliphatic rings. The predicted octanol–water partition coefficient (Wildman–Crippen LogP) is 16.1. The van der Waals surface area contributed by atoms with E-state index in [9.17, 15) is 14.4 Å². The standard InChI is InChI=1S/C56H88O6/c1-4-7-10-13-16-19-22-25-28-31-34-37-40-43-46-49-55(58)61-52-53(51-60-54(57)48-45-42-39-36-33-30-27-24-21-18-15-12-9-6-3)62-56(59)50-47-44-41-38-35-32-29-26-23-20-17-14-11-8-5-2/h7-8,10-11,13-14,16-17,19-20,22-23,25-26,28-31,33-34,53H,4-6,9,12,15,18,21,24,27,32,35-52H2,1-3H3/b10-7-,11-8-,16-13-,17-14-,22-19-,23-20-,28-25-,29-26-,33-30-,34-31-. The highest BCUT2D eigenvalue weighted by Gasteiger charge is 2.19. The van der Waals surface area contributed by atoms with Crippen LogP contribution in [0.2, 0.25) is 0 Å². The van der Waals surface area contributed by atoms with Gasteiger partial charge in [0.25, 0.3) is 0 Å². The number of unbranched alkanes of at least 4 members (excludes halogenated alkanes) is 18. The summed E-state index contributed by atoms with van der Waals surface area (Å²) < 4.78 is 16.7. The molecule has 6 nitrogen and oxygen atoms in total. The third kappa shape index (κ3) is 46.9. The van der Waals surface area contributed by atoms with Crippen LogP contribution >= 0.6 is 0 Å². The molecule has 0 aliphatic heterocycles. The number of hydrogen-bond donors (Lipinski definition) is 0. The van der Waals surface area contributed by atoms with Crippen molar-refractivity contribution in [3.8, 4) is 0 Å². The van der Waals surface area contributed by atoms with Crippen molar-refractivity contribution in [2.24, 2.45) is 0 Å². The Labute approximate surface area is 380 Å². The largest absolute Gasteiger partial charge is 0.462 e. The minimum atomic E-state index is -0.817. The molecule has 0 N–H and O–H groups in total. The second-order valence-electron chi connectivity index (χ2n) is 15.8. The molecule has 6 heteroatoms. The molecule has 1 atom stereocenters. The van der Waals surface area contributed by atoms with Gasteiger partial charge in [0.15, 0.2) is 6.10 Å². The molecule has 0 saturated carbocycles. The number of carbonyl (C=O) groups is 3. The van der Waals surface area contributed by atoms with Gasteiger partial charge in [-0.25, -0.2) is 0 Å². The van der Waals surface area contributed by atoms with Crippen molar-refractivity contribution in [3.63, 3.8) is 0 Å². The lowest BCUT2D eigenvalue weighted by Crippen LogP contribution is -2.30. The van der Waals surface area contributed by atoms with Gasteiger partial charge >= 0.3 is 17.9 Å². The first kappa shape index (κ1) is 57.8. The summed E-state index contributed by atoms with van der Waals surface area (Å²) in [4.78, 5) is 37.9. The van der Waals surface area contributed by atoms with Gasteiger partial charge in [0.05, 0.1) is 0 Å². The molecule has 0 spiro atoms. The maximum atomic E-state index is 12.8. The fraction of sp³-hybridized carbons (Fsp3) is 0.589. The molecule has 1 unspecified atom stereocenters. The summed E-state index contributed by atoms with van der Waals surface area (Å²) >= 11 is 0. The number of esters is 3. The first-order valence-electron chi connectivity index (χ1n) is 24.7. The van der Waals surface area contributed by atoms with Gasteiger partial charge in [0, 0.05) is 19.3 Å². The second kappa shape index (κ2) is 49.5. The summed E-state index contributed by atoms with van der Waals surface area (Å²) in [7, 11) is 0. The van der Waals surface area contributed by atoms with E-state index in [0.29, 0.717) is 12.8 Å². The molecule has 62 heavy (non-hydrogen) atoms. The van der Waals surface area contributed by atoms with E-state index in [1.807, 2.05) is 72.9 Å². The fourth-order valence-electron chi connectivity index (χ4n) is 6.23. The van der Waals surface area contributed by atoms with Crippen LogP contribution in [0.15, 0.2) is 122 Å². The topological polar surface area (TPSA) is 78.9 Å². The summed E-state index contributed by atoms with van der Waals surface area (Å²) in [5.74, 6) is -1.00. The average molecular weight is 857 g/mol. The second-order valence-corrected chi connectivity index (χ2v) is 15.8. The summed E-state index contributed by atoms with van der Waals surface area (Å²) in [6.07, 6.45) is 67.5. The molecule has 0 fully saturated rings. The third-order valence-electron chi connectivity index (χ3n) is 9.90. The van der Waals surface area contributed by atoms with Gasteiger partial charge in [0.2, 0.25) is 0 Å². The molecule has 0 radical (unpaired) electrons. The van der Waals surface area contributed by atoms with E-state index in [1.165, 1.54) is 44.9 Å². The zero-order chi connectivity index (χ0) is 45.1. The van der Waals surface area contributed by atoms with Crippen molar-refractivity contribution in [2.45, 2.75) is 200 Å². The Kier molecular flexibility index (Phi) is 46.1. The van der Waals surface area contributed by atoms with E-state index in [4.69, 9.17) is 14.2 Å². The van der Waals surface area contributed by atoms with E-state index in [-0.39, 0.29) is 37.5 Å². The van der Waals surface area contributed by atoms with Gasteiger partial charge in [-0.05, 0) is 83.5 Å². The summed E-state index contributed by atoms with van der Waals surface area (Å²) in [5, 5.41) is 0. The predicted molar refractivity (Wildman–Crippen MR) is 265 cm³/mol. The minimum absolute atomic E-state index is 0.113. The van der Waals surface area contributed by atoms with Crippen LogP contribution in [0, 0.1) is 0 Å². The van der Waals surface area contributed by atoms with E-state index in [0.717, 1.165) is 109 Å². The molecular formula is C56H88O6. The normalized spacial score (nSPS) is 13.1. The molecule has 0 rings (SSSR count). The Morgan fingerprint density at radius 3 is 1.05 bits per heavy atom. The van der Waals surface area contributed by atoms with Gasteiger partial charge in [-0.2, -0.15) is 0 Å². The van der Waals surface area contributed by atoms with Crippen LogP contribution in [0.4, 0.5) is 0 Å². The van der Waals surface area contributed by atoms with Crippen molar-refractivity contribution in [2.75, 3.05) is 13.2 Å². The lowest BCUT2D eigenvalue weighted by molar-refractivity contribution is -0.167. The summed E-state index contributed by atoms with van der Waals surface area (Å²) in [5.41, 5.74) is 0. The summed E-state index contributed by atoms with van der Waals surface area (Å²) in [6.45, 7) is 6.26. The molecule has 0 aromatic rings. The van der Waals surface area contributed by atoms with Crippen LogP contribution in [0.1, 0.15) is 194 Å². The van der Waals surface area contributed by atoms with Gasteiger partial charge in [-0.3, -0.25) is 14.4 Å². The van der Waals surface area contributed by atoms with E-state index >= 15 is 0 Å². The van der Waals surface area contributed by atoms with Crippen LogP contribution < -0.4 is 0 Å². The molecule has 0 heterocycles. The van der Waals surface area contributed by atoms with Crippen LogP contribution in [-0.4, -0.2) is 37.2 Å². The quantitative estimate of drug-likeness (QED) is 0.0200. The number of rotatable bonds is 42. The van der Waals surface area contributed by atoms with Crippen molar-refractivity contribution in [3.05, 3.63) is 122 Å². The zero-order valence-corrected chi connectivity index (χ0v) is 39.6. The van der Waals surface area contributed by atoms with Gasteiger partial charge in [0.1, 0.15) is 13.2 Å². The monoisotopic (exact) mass is 857 g/mol. The number of hydrogen-bond acceptors (Lipinski definition) is 6. The Bertz CT molecular complexity index is 1350. The first-order chi connectivity index (χ1) is 30.5. The van der Waals surface area contributed by atoms with Crippen LogP contribution in [0.25, 0.3) is 0 Å². The molecule has 0 aliphatic carbocycles. The number of allylic oxidation sites excluding steroid dienone is 20. The SMILES string of the molecule is CC\C=C/C=C\C=C/C=C\C=C/CCCCCC(=O)OCC(COC(=O)CCCCC/C=C\CCCCCCCCC)OC(=O)CCCCCCC\C=C/C=C\C=C/C=C\CC. The highest BCUT2D eigenvalue weighted by molar-refractivity contribution is 5.71. The van der Waals surface area contributed by atoms with Crippen LogP contribution in [0.5, 0.6) is 0 Å². The van der Waals surface area contributed by atoms with Crippen LogP contribution in [0.3, 0.4) is 0 Å². The van der Waals surface area contributed by atoms with E-state index in [1.54, 1.807) is 0 Å². The number of carbonyl (C=O) groups excluding carboxylic acids is 3. The Morgan fingerprint density at radius 1 is 0.339 bits per heavy atom. The van der Waals surface area contributed by atoms with E-state index < -0.39 is 6.10 Å². The van der Waals surface area contributed by atoms with Crippen LogP contribution in [-0.2, 0) is 28.6 Å². The molecule has 0 aromatic heterocycles. The molecule has 0 saturated heterocycles. The lowest BCUT2D eigenvalue weighted by Gasteiger charge is -2.18. The van der Waals surface area contributed by atoms with E-state index in [2.05, 4.69) is 69.4 Å².